The summed E-state index contributed by atoms with van der Waals surface area (Å²) < 4.78 is 20.1. The summed E-state index contributed by atoms with van der Waals surface area (Å²) in [5, 5.41) is 2.06. The molecule has 5 rings (SSSR count). The Labute approximate surface area is 149 Å². The van der Waals surface area contributed by atoms with Crippen LogP contribution >= 0.6 is 0 Å². The minimum atomic E-state index is -0.236. The minimum Gasteiger partial charge on any atom is -0.456 e. The Balaban J connectivity index is 1.68. The molecule has 124 valence electrons. The first-order chi connectivity index (χ1) is 12.8. The number of hydrogen-bond acceptors (Lipinski definition) is 2. The molecule has 26 heavy (non-hydrogen) atoms. The monoisotopic (exact) mass is 339 g/mol. The maximum Gasteiger partial charge on any atom is 0.136 e. The lowest BCUT2D eigenvalue weighted by molar-refractivity contribution is 0.631. The van der Waals surface area contributed by atoms with Gasteiger partial charge >= 0.3 is 0 Å². The number of hydrogen-bond donors (Lipinski definition) is 0. The zero-order valence-corrected chi connectivity index (χ0v) is 13.8. The van der Waals surface area contributed by atoms with E-state index in [1.54, 1.807) is 18.3 Å². The number of pyridine rings is 1. The quantitative estimate of drug-likeness (QED) is 0.369. The van der Waals surface area contributed by atoms with Gasteiger partial charge in [-0.2, -0.15) is 0 Å². The van der Waals surface area contributed by atoms with Crippen LogP contribution in [0.25, 0.3) is 44.3 Å². The van der Waals surface area contributed by atoms with E-state index in [0.717, 1.165) is 38.8 Å². The average molecular weight is 339 g/mol. The summed E-state index contributed by atoms with van der Waals surface area (Å²) >= 11 is 0. The van der Waals surface area contributed by atoms with E-state index in [2.05, 4.69) is 4.98 Å². The molecule has 3 aromatic carbocycles. The smallest absolute Gasteiger partial charge is 0.136 e. The molecule has 0 saturated carbocycles. The van der Waals surface area contributed by atoms with Gasteiger partial charge in [-0.1, -0.05) is 36.4 Å². The van der Waals surface area contributed by atoms with Crippen LogP contribution in [0.5, 0.6) is 0 Å². The molecular formula is C23H14FNO. The summed E-state index contributed by atoms with van der Waals surface area (Å²) in [6.07, 6.45) is 1.78. The minimum absolute atomic E-state index is 0.236. The summed E-state index contributed by atoms with van der Waals surface area (Å²) in [6, 6.07) is 24.5. The number of fused-ring (bicyclic) bond motifs is 3. The third-order valence-corrected chi connectivity index (χ3v) is 4.62. The van der Waals surface area contributed by atoms with E-state index in [1.165, 1.54) is 6.07 Å². The normalized spacial score (nSPS) is 11.3. The lowest BCUT2D eigenvalue weighted by Crippen LogP contribution is -1.82. The van der Waals surface area contributed by atoms with Crippen LogP contribution in [0.2, 0.25) is 0 Å². The van der Waals surface area contributed by atoms with E-state index in [1.807, 2.05) is 60.7 Å². The van der Waals surface area contributed by atoms with Gasteiger partial charge in [0.05, 0.1) is 5.69 Å². The van der Waals surface area contributed by atoms with Crippen LogP contribution in [0.3, 0.4) is 0 Å². The van der Waals surface area contributed by atoms with Crippen molar-refractivity contribution < 1.29 is 8.81 Å². The van der Waals surface area contributed by atoms with Gasteiger partial charge in [0.15, 0.2) is 0 Å². The van der Waals surface area contributed by atoms with Crippen molar-refractivity contribution in [1.82, 2.24) is 4.98 Å². The summed E-state index contributed by atoms with van der Waals surface area (Å²) in [7, 11) is 0. The molecule has 2 aromatic heterocycles. The highest BCUT2D eigenvalue weighted by atomic mass is 19.1. The lowest BCUT2D eigenvalue weighted by Gasteiger charge is -2.02. The van der Waals surface area contributed by atoms with Gasteiger partial charge in [0, 0.05) is 28.1 Å². The van der Waals surface area contributed by atoms with Crippen LogP contribution < -0.4 is 0 Å². The van der Waals surface area contributed by atoms with Crippen LogP contribution in [0, 0.1) is 5.82 Å². The Morgan fingerprint density at radius 1 is 0.692 bits per heavy atom. The highest BCUT2D eigenvalue weighted by molar-refractivity contribution is 6.06. The molecule has 3 heteroatoms. The van der Waals surface area contributed by atoms with Crippen LogP contribution in [0.15, 0.2) is 89.5 Å². The molecule has 0 atom stereocenters. The van der Waals surface area contributed by atoms with Gasteiger partial charge < -0.3 is 4.42 Å². The number of furan rings is 1. The van der Waals surface area contributed by atoms with Gasteiger partial charge in [0.2, 0.25) is 0 Å². The molecule has 0 N–H and O–H groups in total. The van der Waals surface area contributed by atoms with Gasteiger partial charge in [-0.15, -0.1) is 0 Å². The third-order valence-electron chi connectivity index (χ3n) is 4.62. The average Bonchev–Trinajstić information content (AvgIpc) is 3.06. The second-order valence-electron chi connectivity index (χ2n) is 6.22. The van der Waals surface area contributed by atoms with Gasteiger partial charge in [-0.05, 0) is 48.0 Å². The van der Waals surface area contributed by atoms with E-state index in [9.17, 15) is 4.39 Å². The number of benzene rings is 3. The fourth-order valence-corrected chi connectivity index (χ4v) is 3.33. The molecule has 5 aromatic rings. The first kappa shape index (κ1) is 14.8. The third kappa shape index (κ3) is 2.37. The van der Waals surface area contributed by atoms with Crippen molar-refractivity contribution in [2.75, 3.05) is 0 Å². The maximum absolute atomic E-state index is 14.1. The van der Waals surface area contributed by atoms with E-state index in [4.69, 9.17) is 4.42 Å². The van der Waals surface area contributed by atoms with Crippen molar-refractivity contribution in [1.29, 1.82) is 0 Å². The second kappa shape index (κ2) is 5.81. The van der Waals surface area contributed by atoms with Gasteiger partial charge in [-0.25, -0.2) is 4.39 Å². The van der Waals surface area contributed by atoms with E-state index in [-0.39, 0.29) is 5.82 Å². The zero-order chi connectivity index (χ0) is 17.5. The summed E-state index contributed by atoms with van der Waals surface area (Å²) in [4.78, 5) is 4.39. The number of halogens is 1. The van der Waals surface area contributed by atoms with Crippen molar-refractivity contribution in [2.24, 2.45) is 0 Å². The van der Waals surface area contributed by atoms with E-state index in [0.29, 0.717) is 5.56 Å². The molecule has 0 bridgehead atoms. The molecule has 0 aliphatic carbocycles. The molecule has 0 aliphatic heterocycles. The second-order valence-corrected chi connectivity index (χ2v) is 6.22. The topological polar surface area (TPSA) is 26.0 Å². The predicted molar refractivity (Wildman–Crippen MR) is 102 cm³/mol. The Hall–Kier alpha value is -3.46. The number of rotatable bonds is 2. The molecule has 2 nitrogen and oxygen atoms in total. The zero-order valence-electron chi connectivity index (χ0n) is 13.8. The summed E-state index contributed by atoms with van der Waals surface area (Å²) in [5.74, 6) is -0.236. The maximum atomic E-state index is 14.1. The molecule has 0 saturated heterocycles. The fourth-order valence-electron chi connectivity index (χ4n) is 3.33. The highest BCUT2D eigenvalue weighted by Crippen LogP contribution is 2.34. The fraction of sp³-hybridized carbons (Fsp3) is 0. The van der Waals surface area contributed by atoms with Crippen LogP contribution in [-0.4, -0.2) is 4.98 Å². The Morgan fingerprint density at radius 3 is 2.12 bits per heavy atom. The number of nitrogens with zero attached hydrogens (tertiary/aromatic N) is 1. The van der Waals surface area contributed by atoms with Crippen molar-refractivity contribution in [2.45, 2.75) is 0 Å². The molecule has 0 spiro atoms. The molecule has 0 radical (unpaired) electrons. The Morgan fingerprint density at radius 2 is 1.38 bits per heavy atom. The molecule has 0 aliphatic rings. The molecule has 0 amide bonds. The summed E-state index contributed by atoms with van der Waals surface area (Å²) in [6.45, 7) is 0. The summed E-state index contributed by atoms with van der Waals surface area (Å²) in [5.41, 5.74) is 4.84. The number of aromatic nitrogens is 1. The molecule has 0 unspecified atom stereocenters. The Kier molecular flexibility index (Phi) is 3.32. The van der Waals surface area contributed by atoms with E-state index < -0.39 is 0 Å². The SMILES string of the molecule is Fc1ccccc1-c1ccc2c(c1)oc1cc(-c3ccccn3)ccc12. The standard InChI is InChI=1S/C23H14FNO/c24-20-6-2-1-5-17(20)15-8-10-18-19-11-9-16(21-7-3-4-12-25-21)14-23(19)26-22(18)13-15/h1-14H. The van der Waals surface area contributed by atoms with E-state index >= 15 is 0 Å². The molecule has 0 fully saturated rings. The first-order valence-electron chi connectivity index (χ1n) is 8.42. The molecular weight excluding hydrogens is 325 g/mol. The van der Waals surface area contributed by atoms with Gasteiger partial charge in [0.1, 0.15) is 17.0 Å². The van der Waals surface area contributed by atoms with Crippen LogP contribution in [-0.2, 0) is 0 Å². The van der Waals surface area contributed by atoms with Crippen LogP contribution in [0.1, 0.15) is 0 Å². The largest absolute Gasteiger partial charge is 0.456 e. The first-order valence-corrected chi connectivity index (χ1v) is 8.42. The van der Waals surface area contributed by atoms with Crippen molar-refractivity contribution >= 4 is 21.9 Å². The van der Waals surface area contributed by atoms with Crippen LogP contribution in [0.4, 0.5) is 4.39 Å². The van der Waals surface area contributed by atoms with Gasteiger partial charge in [0.25, 0.3) is 0 Å². The lowest BCUT2D eigenvalue weighted by atomic mass is 10.0. The van der Waals surface area contributed by atoms with Crippen molar-refractivity contribution in [3.8, 4) is 22.4 Å². The molecule has 2 heterocycles. The van der Waals surface area contributed by atoms with Crippen molar-refractivity contribution in [3.05, 3.63) is 90.9 Å². The highest BCUT2D eigenvalue weighted by Gasteiger charge is 2.11. The predicted octanol–water partition coefficient (Wildman–Crippen LogP) is 6.45. The van der Waals surface area contributed by atoms with Crippen molar-refractivity contribution in [3.63, 3.8) is 0 Å². The Bertz CT molecular complexity index is 1240. The van der Waals surface area contributed by atoms with Gasteiger partial charge in [-0.3, -0.25) is 4.98 Å².